The molecule has 3 aliphatic heterocycles. The van der Waals surface area contributed by atoms with E-state index in [1.807, 2.05) is 12.1 Å². The number of hydrogen-bond acceptors (Lipinski definition) is 8. The minimum Gasteiger partial charge on any atom is -0.365 e. The van der Waals surface area contributed by atoms with Crippen molar-refractivity contribution in [2.45, 2.75) is 69.2 Å². The van der Waals surface area contributed by atoms with Crippen LogP contribution in [0.5, 0.6) is 0 Å². The minimum atomic E-state index is -1.55. The van der Waals surface area contributed by atoms with Gasteiger partial charge in [0.1, 0.15) is 30.0 Å². The largest absolute Gasteiger partial charge is 0.365 e. The first kappa shape index (κ1) is 25.4. The molecular formula is C26H27F3N4O5. The Bertz CT molecular complexity index is 1280. The molecule has 0 saturated carbocycles. The highest BCUT2D eigenvalue weighted by Crippen LogP contribution is 2.48. The molecular weight excluding hydrogens is 505 g/mol. The summed E-state index contributed by atoms with van der Waals surface area (Å²) in [6, 6.07) is 4.87. The minimum absolute atomic E-state index is 0.0455. The Labute approximate surface area is 216 Å². The van der Waals surface area contributed by atoms with Crippen LogP contribution in [0.3, 0.4) is 0 Å². The van der Waals surface area contributed by atoms with Gasteiger partial charge in [0, 0.05) is 24.4 Å². The topological polar surface area (TPSA) is 89.8 Å². The Morgan fingerprint density at radius 3 is 2.66 bits per heavy atom. The Morgan fingerprint density at radius 2 is 1.95 bits per heavy atom. The van der Waals surface area contributed by atoms with Crippen LogP contribution in [0.25, 0.3) is 11.3 Å². The van der Waals surface area contributed by atoms with E-state index in [-0.39, 0.29) is 24.5 Å². The van der Waals surface area contributed by atoms with Crippen LogP contribution < -0.4 is 0 Å². The zero-order chi connectivity index (χ0) is 26.5. The predicted molar refractivity (Wildman–Crippen MR) is 125 cm³/mol. The van der Waals surface area contributed by atoms with E-state index in [4.69, 9.17) is 23.7 Å². The van der Waals surface area contributed by atoms with E-state index in [9.17, 15) is 13.2 Å². The van der Waals surface area contributed by atoms with Gasteiger partial charge in [0.15, 0.2) is 29.0 Å². The number of benzene rings is 1. The van der Waals surface area contributed by atoms with Crippen molar-refractivity contribution in [3.8, 4) is 11.3 Å². The van der Waals surface area contributed by atoms with Crippen LogP contribution in [-0.2, 0) is 30.3 Å². The van der Waals surface area contributed by atoms with Crippen molar-refractivity contribution in [2.24, 2.45) is 0 Å². The number of fused-ring (bicyclic) bond motifs is 1. The molecule has 12 heteroatoms. The summed E-state index contributed by atoms with van der Waals surface area (Å²) in [5.41, 5.74) is 1.06. The fourth-order valence-corrected chi connectivity index (χ4v) is 5.36. The molecule has 0 aliphatic carbocycles. The monoisotopic (exact) mass is 532 g/mol. The molecule has 6 rings (SSSR count). The van der Waals surface area contributed by atoms with Crippen LogP contribution in [0, 0.1) is 17.5 Å². The average molecular weight is 533 g/mol. The van der Waals surface area contributed by atoms with Gasteiger partial charge < -0.3 is 23.7 Å². The first-order chi connectivity index (χ1) is 18.2. The van der Waals surface area contributed by atoms with Gasteiger partial charge in [-0.25, -0.2) is 17.9 Å². The van der Waals surface area contributed by atoms with Crippen molar-refractivity contribution in [3.63, 3.8) is 0 Å². The Hall–Kier alpha value is -2.90. The first-order valence-electron chi connectivity index (χ1n) is 12.5. The maximum atomic E-state index is 14.0. The summed E-state index contributed by atoms with van der Waals surface area (Å²) in [7, 11) is 0. The second kappa shape index (κ2) is 9.69. The van der Waals surface area contributed by atoms with Gasteiger partial charge in [-0.15, -0.1) is 5.10 Å². The number of rotatable bonds is 5. The number of aromatic nitrogens is 4. The van der Waals surface area contributed by atoms with Gasteiger partial charge in [-0.2, -0.15) is 0 Å². The van der Waals surface area contributed by atoms with Crippen LogP contribution in [0.2, 0.25) is 0 Å². The molecule has 1 aromatic carbocycles. The summed E-state index contributed by atoms with van der Waals surface area (Å²) in [5, 5.41) is 8.44. The quantitative estimate of drug-likeness (QED) is 0.457. The normalized spacial score (nSPS) is 30.4. The summed E-state index contributed by atoms with van der Waals surface area (Å²) in [6.45, 7) is 4.57. The Balaban J connectivity index is 1.41. The number of hydrogen-bond donors (Lipinski definition) is 0. The maximum absolute atomic E-state index is 14.0. The van der Waals surface area contributed by atoms with E-state index in [1.54, 1.807) is 30.9 Å². The third kappa shape index (κ3) is 4.60. The Kier molecular flexibility index (Phi) is 6.47. The van der Waals surface area contributed by atoms with Gasteiger partial charge in [-0.05, 0) is 44.0 Å². The zero-order valence-corrected chi connectivity index (χ0v) is 20.9. The molecule has 38 heavy (non-hydrogen) atoms. The van der Waals surface area contributed by atoms with E-state index in [0.717, 1.165) is 24.1 Å². The van der Waals surface area contributed by atoms with Gasteiger partial charge in [0.05, 0.1) is 26.0 Å². The van der Waals surface area contributed by atoms with Gasteiger partial charge >= 0.3 is 0 Å². The smallest absolute Gasteiger partial charge is 0.197 e. The lowest BCUT2D eigenvalue weighted by Gasteiger charge is -2.54. The Morgan fingerprint density at radius 1 is 1.13 bits per heavy atom. The van der Waals surface area contributed by atoms with E-state index in [1.165, 1.54) is 6.20 Å². The molecule has 1 spiro atoms. The van der Waals surface area contributed by atoms with Crippen LogP contribution in [0.4, 0.5) is 13.2 Å². The molecule has 3 aromatic rings. The maximum Gasteiger partial charge on any atom is 0.197 e. The van der Waals surface area contributed by atoms with Gasteiger partial charge in [0.25, 0.3) is 0 Å². The van der Waals surface area contributed by atoms with Gasteiger partial charge in [-0.1, -0.05) is 11.3 Å². The van der Waals surface area contributed by atoms with Crippen molar-refractivity contribution in [1.29, 1.82) is 0 Å². The molecule has 202 valence electrons. The van der Waals surface area contributed by atoms with E-state index < -0.39 is 53.4 Å². The second-order valence-electron chi connectivity index (χ2n) is 10.1. The number of halogens is 3. The summed E-state index contributed by atoms with van der Waals surface area (Å²) >= 11 is 0. The zero-order valence-electron chi connectivity index (χ0n) is 20.9. The summed E-state index contributed by atoms with van der Waals surface area (Å²) in [5.74, 6) is -6.18. The number of nitrogens with zero attached hydrogens (tertiary/aromatic N) is 4. The van der Waals surface area contributed by atoms with E-state index >= 15 is 0 Å². The molecule has 0 unspecified atom stereocenters. The lowest BCUT2D eigenvalue weighted by molar-refractivity contribution is -0.404. The fourth-order valence-electron chi connectivity index (χ4n) is 5.36. The number of ether oxygens (including phenoxy) is 5. The van der Waals surface area contributed by atoms with Crippen molar-refractivity contribution < 1.29 is 36.9 Å². The molecule has 3 saturated heterocycles. The molecule has 5 heterocycles. The van der Waals surface area contributed by atoms with E-state index in [0.29, 0.717) is 13.0 Å². The molecule has 0 radical (unpaired) electrons. The lowest BCUT2D eigenvalue weighted by atomic mass is 9.87. The first-order valence-corrected chi connectivity index (χ1v) is 12.5. The highest BCUT2D eigenvalue weighted by atomic mass is 19.2. The number of pyridine rings is 1. The van der Waals surface area contributed by atoms with Crippen molar-refractivity contribution in [2.75, 3.05) is 13.2 Å². The van der Waals surface area contributed by atoms with Gasteiger partial charge in [-0.3, -0.25) is 4.98 Å². The predicted octanol–water partition coefficient (Wildman–Crippen LogP) is 3.94. The van der Waals surface area contributed by atoms with Crippen LogP contribution in [-0.4, -0.2) is 63.1 Å². The molecule has 3 aliphatic rings. The summed E-state index contributed by atoms with van der Waals surface area (Å²) < 4.78 is 74.4. The highest BCUT2D eigenvalue weighted by molar-refractivity contribution is 5.58. The summed E-state index contributed by atoms with van der Waals surface area (Å²) in [6.07, 6.45) is 4.48. The van der Waals surface area contributed by atoms with Crippen molar-refractivity contribution >= 4 is 0 Å². The van der Waals surface area contributed by atoms with Crippen LogP contribution in [0.1, 0.15) is 38.3 Å². The average Bonchev–Trinajstić information content (AvgIpc) is 3.57. The standard InChI is InChI=1S/C26H27F3N4O5/c1-25(2)36-14-20-23(38-25)22(33-12-19(31-32-33)16-9-17(27)21(29)18(28)10-16)24(26(37-20)6-4-8-35-26)34-13-15-5-3-7-30-11-15/h3,5,7,9-12,20,22-24H,4,6,8,13-14H2,1-2H3/t20-,22+,23+,24-,26+/m1/s1. The lowest BCUT2D eigenvalue weighted by Crippen LogP contribution is -2.67. The third-order valence-electron chi connectivity index (χ3n) is 7.08. The molecule has 5 atom stereocenters. The molecule has 2 aromatic heterocycles. The third-order valence-corrected chi connectivity index (χ3v) is 7.08. The van der Waals surface area contributed by atoms with E-state index in [2.05, 4.69) is 15.3 Å². The van der Waals surface area contributed by atoms with Gasteiger partial charge in [0.2, 0.25) is 0 Å². The van der Waals surface area contributed by atoms with Crippen molar-refractivity contribution in [3.05, 3.63) is 65.9 Å². The molecule has 0 amide bonds. The second-order valence-corrected chi connectivity index (χ2v) is 10.1. The SMILES string of the molecule is CC1(C)OC[C@H]2O[C@@]3(CCCO3)[C@H](OCc3cccnc3)[C@@H](n3cc(-c4cc(F)c(F)c(F)c4)nn3)[C@H]2O1. The molecule has 3 fully saturated rings. The van der Waals surface area contributed by atoms with Crippen LogP contribution >= 0.6 is 0 Å². The highest BCUT2D eigenvalue weighted by Gasteiger charge is 2.61. The molecule has 0 N–H and O–H groups in total. The van der Waals surface area contributed by atoms with Crippen molar-refractivity contribution in [1.82, 2.24) is 20.0 Å². The molecule has 9 nitrogen and oxygen atoms in total. The van der Waals surface area contributed by atoms with Crippen LogP contribution in [0.15, 0.2) is 42.9 Å². The summed E-state index contributed by atoms with van der Waals surface area (Å²) in [4.78, 5) is 4.16. The fraction of sp³-hybridized carbons (Fsp3) is 0.500. The molecule has 0 bridgehead atoms.